The number of pyridine rings is 1. The molecule has 0 aliphatic heterocycles. The van der Waals surface area contributed by atoms with Crippen LogP contribution in [0.5, 0.6) is 5.75 Å². The van der Waals surface area contributed by atoms with Crippen LogP contribution in [-0.2, 0) is 6.54 Å². The molecule has 31 heavy (non-hydrogen) atoms. The van der Waals surface area contributed by atoms with Gasteiger partial charge in [-0.3, -0.25) is 4.98 Å². The minimum absolute atomic E-state index is 0.448. The van der Waals surface area contributed by atoms with E-state index in [9.17, 15) is 0 Å². The Hall–Kier alpha value is -3.48. The van der Waals surface area contributed by atoms with Crippen LogP contribution >= 0.6 is 0 Å². The van der Waals surface area contributed by atoms with Crippen LogP contribution in [0.25, 0.3) is 22.6 Å². The first-order valence-corrected chi connectivity index (χ1v) is 10.8. The number of hydrogen-bond acceptors (Lipinski definition) is 6. The van der Waals surface area contributed by atoms with E-state index in [4.69, 9.17) is 19.7 Å². The zero-order chi connectivity index (χ0) is 21.0. The number of nitrogens with one attached hydrogen (secondary N) is 1. The first-order valence-electron chi connectivity index (χ1n) is 10.8. The topological polar surface area (TPSA) is 77.8 Å². The van der Waals surface area contributed by atoms with Crippen molar-refractivity contribution in [2.24, 2.45) is 0 Å². The molecule has 1 saturated carbocycles. The number of fused-ring (bicyclic) bond motifs is 1. The van der Waals surface area contributed by atoms with Gasteiger partial charge in [-0.2, -0.15) is 0 Å². The summed E-state index contributed by atoms with van der Waals surface area (Å²) in [4.78, 5) is 18.7. The summed E-state index contributed by atoms with van der Waals surface area (Å²) in [5.74, 6) is 2.24. The highest BCUT2D eigenvalue weighted by Gasteiger charge is 2.21. The van der Waals surface area contributed by atoms with E-state index in [-0.39, 0.29) is 0 Å². The molecule has 1 aliphatic rings. The zero-order valence-corrected chi connectivity index (χ0v) is 17.7. The molecular formula is C24H26N6O. The molecule has 1 aliphatic carbocycles. The summed E-state index contributed by atoms with van der Waals surface area (Å²) < 4.78 is 7.55. The van der Waals surface area contributed by atoms with Crippen molar-refractivity contribution in [2.45, 2.75) is 44.7 Å². The Morgan fingerprint density at radius 1 is 1.06 bits per heavy atom. The molecule has 7 nitrogen and oxygen atoms in total. The number of nitrogens with zero attached hydrogens (tertiary/aromatic N) is 5. The SMILES string of the molecule is COc1ccc(-c2nc(NCc3cccnc3)c3ncn(C4CCCCC4)c3n2)cc1. The predicted molar refractivity (Wildman–Crippen MR) is 121 cm³/mol. The molecule has 1 fully saturated rings. The van der Waals surface area contributed by atoms with Crippen LogP contribution in [0.1, 0.15) is 43.7 Å². The van der Waals surface area contributed by atoms with Gasteiger partial charge in [-0.15, -0.1) is 0 Å². The zero-order valence-electron chi connectivity index (χ0n) is 17.7. The minimum Gasteiger partial charge on any atom is -0.497 e. The molecule has 0 unspecified atom stereocenters. The quantitative estimate of drug-likeness (QED) is 0.478. The van der Waals surface area contributed by atoms with Crippen molar-refractivity contribution in [1.82, 2.24) is 24.5 Å². The van der Waals surface area contributed by atoms with Gasteiger partial charge in [0.2, 0.25) is 0 Å². The van der Waals surface area contributed by atoms with Crippen LogP contribution in [0.4, 0.5) is 5.82 Å². The van der Waals surface area contributed by atoms with Gasteiger partial charge < -0.3 is 14.6 Å². The third kappa shape index (κ3) is 4.08. The summed E-state index contributed by atoms with van der Waals surface area (Å²) in [5.41, 5.74) is 3.74. The lowest BCUT2D eigenvalue weighted by Crippen LogP contribution is -2.13. The Balaban J connectivity index is 1.56. The van der Waals surface area contributed by atoms with Crippen molar-refractivity contribution in [3.05, 3.63) is 60.7 Å². The van der Waals surface area contributed by atoms with Gasteiger partial charge in [-0.1, -0.05) is 25.3 Å². The van der Waals surface area contributed by atoms with E-state index < -0.39 is 0 Å². The van der Waals surface area contributed by atoms with Gasteiger partial charge >= 0.3 is 0 Å². The maximum atomic E-state index is 5.30. The number of aromatic nitrogens is 5. The van der Waals surface area contributed by atoms with E-state index in [1.54, 1.807) is 13.3 Å². The third-order valence-corrected chi connectivity index (χ3v) is 5.92. The number of benzene rings is 1. The summed E-state index contributed by atoms with van der Waals surface area (Å²) in [5, 5.41) is 3.46. The molecular weight excluding hydrogens is 388 g/mol. The smallest absolute Gasteiger partial charge is 0.166 e. The van der Waals surface area contributed by atoms with Gasteiger partial charge in [0, 0.05) is 30.5 Å². The Labute approximate surface area is 181 Å². The fraction of sp³-hybridized carbons (Fsp3) is 0.333. The first kappa shape index (κ1) is 19.5. The molecule has 5 rings (SSSR count). The summed E-state index contributed by atoms with van der Waals surface area (Å²) in [6, 6.07) is 12.3. The standard InChI is InChI=1S/C24H26N6O/c1-31-20-11-9-18(10-12-20)22-28-23(26-15-17-6-5-13-25-14-17)21-24(29-22)30(16-27-21)19-7-3-2-4-8-19/h5-6,9-14,16,19H,2-4,7-8,15H2,1H3,(H,26,28,29). The van der Waals surface area contributed by atoms with Gasteiger partial charge in [0.25, 0.3) is 0 Å². The van der Waals surface area contributed by atoms with Gasteiger partial charge in [-0.05, 0) is 48.7 Å². The van der Waals surface area contributed by atoms with Crippen LogP contribution in [-0.4, -0.2) is 31.6 Å². The van der Waals surface area contributed by atoms with Crippen molar-refractivity contribution in [3.8, 4) is 17.1 Å². The normalized spacial score (nSPS) is 14.6. The molecule has 0 spiro atoms. The van der Waals surface area contributed by atoms with Crippen molar-refractivity contribution in [1.29, 1.82) is 0 Å². The van der Waals surface area contributed by atoms with Crippen LogP contribution in [0, 0.1) is 0 Å². The maximum absolute atomic E-state index is 5.30. The fourth-order valence-corrected chi connectivity index (χ4v) is 4.22. The average molecular weight is 415 g/mol. The molecule has 0 atom stereocenters. The Kier molecular flexibility index (Phi) is 5.48. The van der Waals surface area contributed by atoms with Crippen molar-refractivity contribution in [2.75, 3.05) is 12.4 Å². The highest BCUT2D eigenvalue weighted by molar-refractivity contribution is 5.85. The van der Waals surface area contributed by atoms with E-state index in [1.165, 1.54) is 32.1 Å². The highest BCUT2D eigenvalue weighted by atomic mass is 16.5. The summed E-state index contributed by atoms with van der Waals surface area (Å²) in [7, 11) is 1.67. The van der Waals surface area contributed by atoms with Crippen molar-refractivity contribution >= 4 is 17.0 Å². The number of rotatable bonds is 6. The summed E-state index contributed by atoms with van der Waals surface area (Å²) >= 11 is 0. The van der Waals surface area contributed by atoms with Crippen LogP contribution < -0.4 is 10.1 Å². The maximum Gasteiger partial charge on any atom is 0.166 e. The Morgan fingerprint density at radius 2 is 1.90 bits per heavy atom. The molecule has 158 valence electrons. The number of imidazole rings is 1. The second kappa shape index (κ2) is 8.71. The molecule has 4 aromatic rings. The van der Waals surface area contributed by atoms with Gasteiger partial charge in [-0.25, -0.2) is 15.0 Å². The first-order chi connectivity index (χ1) is 15.3. The molecule has 0 saturated heterocycles. The largest absolute Gasteiger partial charge is 0.497 e. The third-order valence-electron chi connectivity index (χ3n) is 5.92. The molecule has 1 aromatic carbocycles. The predicted octanol–water partition coefficient (Wildman–Crippen LogP) is 5.01. The van der Waals surface area contributed by atoms with Crippen molar-refractivity contribution < 1.29 is 4.74 Å². The molecule has 0 bridgehead atoms. The van der Waals surface area contributed by atoms with Crippen LogP contribution in [0.2, 0.25) is 0 Å². The van der Waals surface area contributed by atoms with E-state index >= 15 is 0 Å². The van der Waals surface area contributed by atoms with E-state index in [0.717, 1.165) is 33.9 Å². The van der Waals surface area contributed by atoms with E-state index in [1.807, 2.05) is 48.9 Å². The lowest BCUT2D eigenvalue weighted by molar-refractivity contribution is 0.358. The van der Waals surface area contributed by atoms with E-state index in [0.29, 0.717) is 18.4 Å². The van der Waals surface area contributed by atoms with Gasteiger partial charge in [0.1, 0.15) is 11.3 Å². The number of hydrogen-bond donors (Lipinski definition) is 1. The number of ether oxygens (including phenoxy) is 1. The van der Waals surface area contributed by atoms with Crippen LogP contribution in [0.15, 0.2) is 55.1 Å². The van der Waals surface area contributed by atoms with Gasteiger partial charge in [0.05, 0.1) is 13.4 Å². The second-order valence-corrected chi connectivity index (χ2v) is 7.96. The molecule has 3 aromatic heterocycles. The molecule has 0 radical (unpaired) electrons. The molecule has 3 heterocycles. The Bertz CT molecular complexity index is 1150. The summed E-state index contributed by atoms with van der Waals surface area (Å²) in [6.45, 7) is 0.623. The average Bonchev–Trinajstić information content (AvgIpc) is 3.28. The Morgan fingerprint density at radius 3 is 2.65 bits per heavy atom. The number of anilines is 1. The van der Waals surface area contributed by atoms with Crippen molar-refractivity contribution in [3.63, 3.8) is 0 Å². The van der Waals surface area contributed by atoms with Crippen LogP contribution in [0.3, 0.4) is 0 Å². The monoisotopic (exact) mass is 414 g/mol. The summed E-state index contributed by atoms with van der Waals surface area (Å²) in [6.07, 6.45) is 11.7. The molecule has 0 amide bonds. The lowest BCUT2D eigenvalue weighted by Gasteiger charge is -2.23. The molecule has 7 heteroatoms. The minimum atomic E-state index is 0.448. The van der Waals surface area contributed by atoms with E-state index in [2.05, 4.69) is 14.9 Å². The van der Waals surface area contributed by atoms with Gasteiger partial charge in [0.15, 0.2) is 17.3 Å². The number of methoxy groups -OCH3 is 1. The lowest BCUT2D eigenvalue weighted by atomic mass is 9.95. The highest BCUT2D eigenvalue weighted by Crippen LogP contribution is 2.33. The fourth-order valence-electron chi connectivity index (χ4n) is 4.22. The molecule has 1 N–H and O–H groups in total. The second-order valence-electron chi connectivity index (χ2n) is 7.96.